The maximum Gasteiger partial charge on any atom is 0.333 e. The Morgan fingerprint density at radius 2 is 1.74 bits per heavy atom. The molecule has 1 rings (SSSR count). The molecule has 3 N–H and O–H groups in total. The van der Waals surface area contributed by atoms with Crippen LogP contribution in [0.1, 0.15) is 52.4 Å². The molecule has 1 unspecified atom stereocenters. The van der Waals surface area contributed by atoms with Crippen LogP contribution in [0.2, 0.25) is 0 Å². The highest BCUT2D eigenvalue weighted by molar-refractivity contribution is 7.88. The third-order valence-corrected chi connectivity index (χ3v) is 4.52. The first kappa shape index (κ1) is 19.4. The van der Waals surface area contributed by atoms with Crippen LogP contribution in [0, 0.1) is 0 Å². The maximum atomic E-state index is 11.9. The largest absolute Gasteiger partial charge is 0.333 e. The van der Waals surface area contributed by atoms with Crippen molar-refractivity contribution in [1.82, 2.24) is 9.44 Å². The zero-order chi connectivity index (χ0) is 17.1. The van der Waals surface area contributed by atoms with E-state index < -0.39 is 16.2 Å². The molecule has 0 saturated carbocycles. The van der Waals surface area contributed by atoms with Gasteiger partial charge in [-0.1, -0.05) is 57.2 Å². The molecule has 1 aromatic carbocycles. The van der Waals surface area contributed by atoms with Crippen LogP contribution < -0.4 is 14.8 Å². The van der Waals surface area contributed by atoms with Gasteiger partial charge in [0.15, 0.2) is 0 Å². The van der Waals surface area contributed by atoms with Crippen molar-refractivity contribution >= 4 is 21.9 Å². The Hall–Kier alpha value is -1.60. The lowest BCUT2D eigenvalue weighted by molar-refractivity contribution is 0.256. The quantitative estimate of drug-likeness (QED) is 0.570. The van der Waals surface area contributed by atoms with Crippen LogP contribution in [0.5, 0.6) is 0 Å². The number of nitrogens with one attached hydrogen (secondary N) is 3. The van der Waals surface area contributed by atoms with Crippen LogP contribution in [0.25, 0.3) is 0 Å². The highest BCUT2D eigenvalue weighted by Crippen LogP contribution is 2.08. The highest BCUT2D eigenvalue weighted by Gasteiger charge is 2.17. The van der Waals surface area contributed by atoms with Crippen LogP contribution in [0.15, 0.2) is 30.3 Å². The zero-order valence-corrected chi connectivity index (χ0v) is 14.7. The minimum Gasteiger partial charge on any atom is -0.307 e. The lowest BCUT2D eigenvalue weighted by Crippen LogP contribution is -2.45. The van der Waals surface area contributed by atoms with Gasteiger partial charge in [0.1, 0.15) is 0 Å². The van der Waals surface area contributed by atoms with Crippen molar-refractivity contribution < 1.29 is 13.2 Å². The van der Waals surface area contributed by atoms with Crippen LogP contribution in [-0.2, 0) is 10.2 Å². The summed E-state index contributed by atoms with van der Waals surface area (Å²) < 4.78 is 28.2. The fourth-order valence-corrected chi connectivity index (χ4v) is 3.21. The summed E-state index contributed by atoms with van der Waals surface area (Å²) in [7, 11) is -3.86. The molecule has 1 atom stereocenters. The Bertz CT molecular complexity index is 561. The molecule has 1 aromatic rings. The molecule has 2 amide bonds. The number of carbonyl (C=O) groups excluding carboxylic acids is 1. The number of anilines is 1. The predicted octanol–water partition coefficient (Wildman–Crippen LogP) is 3.39. The Kier molecular flexibility index (Phi) is 8.65. The van der Waals surface area contributed by atoms with Gasteiger partial charge in [-0.25, -0.2) is 9.52 Å². The first-order valence-corrected chi connectivity index (χ1v) is 9.57. The topological polar surface area (TPSA) is 87.3 Å². The van der Waals surface area contributed by atoms with E-state index in [1.807, 2.05) is 10.8 Å². The molecule has 7 heteroatoms. The first-order valence-electron chi connectivity index (χ1n) is 8.09. The molecule has 0 spiro atoms. The highest BCUT2D eigenvalue weighted by atomic mass is 32.2. The Morgan fingerprint density at radius 1 is 1.09 bits per heavy atom. The molecule has 0 heterocycles. The van der Waals surface area contributed by atoms with Crippen LogP contribution >= 0.6 is 0 Å². The molecular formula is C16H27N3O3S. The second kappa shape index (κ2) is 10.2. The fourth-order valence-electron chi connectivity index (χ4n) is 2.21. The van der Waals surface area contributed by atoms with Crippen molar-refractivity contribution in [3.05, 3.63) is 30.3 Å². The molecule has 23 heavy (non-hydrogen) atoms. The number of unbranched alkanes of at least 4 members (excludes halogenated alkanes) is 4. The van der Waals surface area contributed by atoms with E-state index in [1.165, 1.54) is 19.3 Å². The predicted molar refractivity (Wildman–Crippen MR) is 93.5 cm³/mol. The molecule has 0 aliphatic rings. The summed E-state index contributed by atoms with van der Waals surface area (Å²) in [5.74, 6) is 0. The smallest absolute Gasteiger partial charge is 0.307 e. The molecule has 0 aromatic heterocycles. The molecule has 6 nitrogen and oxygen atoms in total. The van der Waals surface area contributed by atoms with Gasteiger partial charge >= 0.3 is 16.2 Å². The minimum absolute atomic E-state index is 0.210. The molecule has 0 bridgehead atoms. The van der Waals surface area contributed by atoms with Crippen LogP contribution in [0.3, 0.4) is 0 Å². The van der Waals surface area contributed by atoms with Crippen LogP contribution in [-0.4, -0.2) is 20.5 Å². The van der Waals surface area contributed by atoms with Gasteiger partial charge in [0.05, 0.1) is 0 Å². The Balaban J connectivity index is 2.32. The number of amides is 2. The van der Waals surface area contributed by atoms with E-state index in [0.29, 0.717) is 5.69 Å². The van der Waals surface area contributed by atoms with Gasteiger partial charge < -0.3 is 5.32 Å². The van der Waals surface area contributed by atoms with Crippen molar-refractivity contribution in [1.29, 1.82) is 0 Å². The summed E-state index contributed by atoms with van der Waals surface area (Å²) in [6.07, 6.45) is 6.39. The van der Waals surface area contributed by atoms with E-state index in [4.69, 9.17) is 0 Å². The number of hydrogen-bond acceptors (Lipinski definition) is 3. The first-order chi connectivity index (χ1) is 10.9. The van der Waals surface area contributed by atoms with Gasteiger partial charge in [-0.2, -0.15) is 13.1 Å². The number of urea groups is 1. The molecule has 130 valence electrons. The van der Waals surface area contributed by atoms with E-state index >= 15 is 0 Å². The minimum atomic E-state index is -3.86. The number of benzene rings is 1. The normalized spacial score (nSPS) is 12.6. The van der Waals surface area contributed by atoms with E-state index in [9.17, 15) is 13.2 Å². The summed E-state index contributed by atoms with van der Waals surface area (Å²) in [6.45, 7) is 3.96. The Labute approximate surface area is 139 Å². The monoisotopic (exact) mass is 341 g/mol. The van der Waals surface area contributed by atoms with Crippen molar-refractivity contribution in [2.45, 2.75) is 58.4 Å². The summed E-state index contributed by atoms with van der Waals surface area (Å²) >= 11 is 0. The standard InChI is InChI=1S/C16H27N3O3S/c1-3-4-5-6-8-11-14(2)18-23(21,22)19-16(20)17-15-12-9-7-10-13-15/h7,9-10,12-14,18H,3-6,8,11H2,1-2H3,(H2,17,19,20). The van der Waals surface area contributed by atoms with Gasteiger partial charge in [0.2, 0.25) is 0 Å². The van der Waals surface area contributed by atoms with E-state index in [0.717, 1.165) is 19.3 Å². The van der Waals surface area contributed by atoms with Gasteiger partial charge in [-0.15, -0.1) is 0 Å². The second-order valence-electron chi connectivity index (χ2n) is 5.65. The number of hydrogen-bond donors (Lipinski definition) is 3. The Morgan fingerprint density at radius 3 is 2.39 bits per heavy atom. The lowest BCUT2D eigenvalue weighted by atomic mass is 10.1. The van der Waals surface area contributed by atoms with Crippen LogP contribution in [0.4, 0.5) is 10.5 Å². The molecule has 0 aliphatic heterocycles. The van der Waals surface area contributed by atoms with Crippen molar-refractivity contribution in [2.75, 3.05) is 5.32 Å². The average molecular weight is 341 g/mol. The summed E-state index contributed by atoms with van der Waals surface area (Å²) in [5.41, 5.74) is 0.532. The number of para-hydroxylation sites is 1. The van der Waals surface area contributed by atoms with Gasteiger partial charge in [-0.05, 0) is 25.5 Å². The van der Waals surface area contributed by atoms with E-state index in [1.54, 1.807) is 31.2 Å². The van der Waals surface area contributed by atoms with Crippen molar-refractivity contribution in [3.8, 4) is 0 Å². The third kappa shape index (κ3) is 9.20. The van der Waals surface area contributed by atoms with Gasteiger partial charge in [-0.3, -0.25) is 0 Å². The molecule has 0 radical (unpaired) electrons. The van der Waals surface area contributed by atoms with E-state index in [-0.39, 0.29) is 6.04 Å². The number of carbonyl (C=O) groups is 1. The molecule has 0 fully saturated rings. The molecule has 0 saturated heterocycles. The summed E-state index contributed by atoms with van der Waals surface area (Å²) in [4.78, 5) is 11.7. The molecule has 0 aliphatic carbocycles. The summed E-state index contributed by atoms with van der Waals surface area (Å²) in [6, 6.07) is 7.68. The van der Waals surface area contributed by atoms with Gasteiger partial charge in [0.25, 0.3) is 0 Å². The fraction of sp³-hybridized carbons (Fsp3) is 0.562. The summed E-state index contributed by atoms with van der Waals surface area (Å²) in [5, 5.41) is 2.47. The average Bonchev–Trinajstić information content (AvgIpc) is 2.46. The maximum absolute atomic E-state index is 11.9. The third-order valence-electron chi connectivity index (χ3n) is 3.36. The molecular weight excluding hydrogens is 314 g/mol. The van der Waals surface area contributed by atoms with Crippen molar-refractivity contribution in [2.24, 2.45) is 0 Å². The number of rotatable bonds is 10. The SMILES string of the molecule is CCCCCCCC(C)NS(=O)(=O)NC(=O)Nc1ccccc1. The second-order valence-corrected chi connectivity index (χ2v) is 7.09. The van der Waals surface area contributed by atoms with E-state index in [2.05, 4.69) is 17.0 Å². The zero-order valence-electron chi connectivity index (χ0n) is 13.8. The van der Waals surface area contributed by atoms with Crippen molar-refractivity contribution in [3.63, 3.8) is 0 Å². The lowest BCUT2D eigenvalue weighted by Gasteiger charge is -2.15. The van der Waals surface area contributed by atoms with Gasteiger partial charge in [0, 0.05) is 11.7 Å².